The maximum absolute atomic E-state index is 12.1. The molecule has 1 amide bonds. The molecule has 0 aliphatic heterocycles. The van der Waals surface area contributed by atoms with E-state index in [1.807, 2.05) is 6.92 Å². The Kier molecular flexibility index (Phi) is 6.80. The lowest BCUT2D eigenvalue weighted by Gasteiger charge is -2.11. The van der Waals surface area contributed by atoms with Gasteiger partial charge in [-0.2, -0.15) is 0 Å². The highest BCUT2D eigenvalue weighted by molar-refractivity contribution is 5.94. The largest absolute Gasteiger partial charge is 0.573 e. The van der Waals surface area contributed by atoms with Crippen LogP contribution in [0.1, 0.15) is 23.1 Å². The van der Waals surface area contributed by atoms with Crippen LogP contribution in [0, 0.1) is 6.92 Å². The Morgan fingerprint density at radius 3 is 2.30 bits per heavy atom. The molecule has 0 aliphatic carbocycles. The van der Waals surface area contributed by atoms with Gasteiger partial charge >= 0.3 is 6.36 Å². The molecule has 0 radical (unpaired) electrons. The number of hydrogen-bond acceptors (Lipinski definition) is 6. The first-order chi connectivity index (χ1) is 12.8. The lowest BCUT2D eigenvalue weighted by Crippen LogP contribution is -2.29. The molecular weight excluding hydrogens is 363 g/mol. The van der Waals surface area contributed by atoms with Crippen LogP contribution in [0.2, 0.25) is 0 Å². The summed E-state index contributed by atoms with van der Waals surface area (Å²) in [5, 5.41) is 8.84. The molecule has 2 rings (SSSR count). The molecule has 0 saturated heterocycles. The molecule has 7 nitrogen and oxygen atoms in total. The summed E-state index contributed by atoms with van der Waals surface area (Å²) in [5.74, 6) is 1.17. The van der Waals surface area contributed by atoms with Crippen LogP contribution < -0.4 is 20.7 Å². The first kappa shape index (κ1) is 20.3. The lowest BCUT2D eigenvalue weighted by molar-refractivity contribution is -0.274. The van der Waals surface area contributed by atoms with Crippen LogP contribution in [0.3, 0.4) is 0 Å². The van der Waals surface area contributed by atoms with Gasteiger partial charge in [-0.3, -0.25) is 4.79 Å². The molecule has 2 aromatic rings. The zero-order chi connectivity index (χ0) is 19.9. The Hall–Kier alpha value is -3.04. The zero-order valence-corrected chi connectivity index (χ0v) is 14.9. The maximum Gasteiger partial charge on any atom is 0.573 e. The minimum Gasteiger partial charge on any atom is -0.406 e. The van der Waals surface area contributed by atoms with Gasteiger partial charge in [0.2, 0.25) is 0 Å². The molecule has 0 bridgehead atoms. The van der Waals surface area contributed by atoms with E-state index in [1.165, 1.54) is 12.1 Å². The number of amides is 1. The number of alkyl halides is 3. The van der Waals surface area contributed by atoms with Gasteiger partial charge in [-0.1, -0.05) is 0 Å². The van der Waals surface area contributed by atoms with Crippen LogP contribution in [-0.2, 0) is 0 Å². The monoisotopic (exact) mass is 383 g/mol. The number of nitrogens with one attached hydrogen (secondary N) is 3. The standard InChI is InChI=1S/C17H20F3N5O2/c1-3-21-14-10-15(25-11(2)24-14)22-8-9-23-16(26)12-4-6-13(7-5-12)27-17(18,19)20/h4-7,10H,3,8-9H2,1-2H3,(H,23,26)(H2,21,22,24,25). The van der Waals surface area contributed by atoms with E-state index < -0.39 is 12.3 Å². The molecule has 1 aromatic heterocycles. The number of anilines is 2. The molecule has 0 unspecified atom stereocenters. The normalized spacial score (nSPS) is 11.0. The summed E-state index contributed by atoms with van der Waals surface area (Å²) in [6.07, 6.45) is -4.76. The van der Waals surface area contributed by atoms with Crippen LogP contribution in [0.5, 0.6) is 5.75 Å². The molecule has 146 valence electrons. The summed E-state index contributed by atoms with van der Waals surface area (Å²) < 4.78 is 40.1. The Morgan fingerprint density at radius 1 is 1.07 bits per heavy atom. The highest BCUT2D eigenvalue weighted by Gasteiger charge is 2.31. The van der Waals surface area contributed by atoms with Crippen molar-refractivity contribution in [3.05, 3.63) is 41.7 Å². The third-order valence-corrected chi connectivity index (χ3v) is 3.26. The average Bonchev–Trinajstić information content (AvgIpc) is 2.57. The molecule has 1 heterocycles. The van der Waals surface area contributed by atoms with E-state index in [2.05, 4.69) is 30.7 Å². The molecule has 0 spiro atoms. The Labute approximate surface area is 154 Å². The second-order valence-corrected chi connectivity index (χ2v) is 5.47. The van der Waals surface area contributed by atoms with Gasteiger partial charge in [0.1, 0.15) is 23.2 Å². The number of nitrogens with zero attached hydrogens (tertiary/aromatic N) is 2. The molecule has 27 heavy (non-hydrogen) atoms. The van der Waals surface area contributed by atoms with Crippen molar-refractivity contribution in [2.75, 3.05) is 30.3 Å². The van der Waals surface area contributed by atoms with Gasteiger partial charge in [0.05, 0.1) is 0 Å². The fourth-order valence-electron chi connectivity index (χ4n) is 2.21. The third-order valence-electron chi connectivity index (χ3n) is 3.26. The van der Waals surface area contributed by atoms with Crippen molar-refractivity contribution in [2.45, 2.75) is 20.2 Å². The van der Waals surface area contributed by atoms with Gasteiger partial charge < -0.3 is 20.7 Å². The summed E-state index contributed by atoms with van der Waals surface area (Å²) in [6.45, 7) is 5.20. The Bertz CT molecular complexity index is 766. The van der Waals surface area contributed by atoms with Gasteiger partial charge in [0.25, 0.3) is 5.91 Å². The van der Waals surface area contributed by atoms with Gasteiger partial charge in [-0.15, -0.1) is 13.2 Å². The first-order valence-electron chi connectivity index (χ1n) is 8.24. The Morgan fingerprint density at radius 2 is 1.70 bits per heavy atom. The van der Waals surface area contributed by atoms with Crippen molar-refractivity contribution in [3.8, 4) is 5.75 Å². The van der Waals surface area contributed by atoms with Crippen molar-refractivity contribution in [1.29, 1.82) is 0 Å². The molecule has 0 aliphatic rings. The van der Waals surface area contributed by atoms with E-state index in [1.54, 1.807) is 13.0 Å². The van der Waals surface area contributed by atoms with E-state index in [-0.39, 0.29) is 11.3 Å². The van der Waals surface area contributed by atoms with Gasteiger partial charge in [0, 0.05) is 31.3 Å². The van der Waals surface area contributed by atoms with E-state index in [0.29, 0.717) is 30.5 Å². The molecule has 3 N–H and O–H groups in total. The fourth-order valence-corrected chi connectivity index (χ4v) is 2.21. The van der Waals surface area contributed by atoms with E-state index in [4.69, 9.17) is 0 Å². The smallest absolute Gasteiger partial charge is 0.406 e. The van der Waals surface area contributed by atoms with Crippen molar-refractivity contribution in [3.63, 3.8) is 0 Å². The van der Waals surface area contributed by atoms with Gasteiger partial charge in [0.15, 0.2) is 0 Å². The summed E-state index contributed by atoms with van der Waals surface area (Å²) in [6, 6.07) is 6.47. The first-order valence-corrected chi connectivity index (χ1v) is 8.24. The summed E-state index contributed by atoms with van der Waals surface area (Å²) in [4.78, 5) is 20.5. The van der Waals surface area contributed by atoms with E-state index in [9.17, 15) is 18.0 Å². The number of hydrogen-bond donors (Lipinski definition) is 3. The van der Waals surface area contributed by atoms with Crippen LogP contribution >= 0.6 is 0 Å². The predicted molar refractivity (Wildman–Crippen MR) is 94.9 cm³/mol. The maximum atomic E-state index is 12.1. The van der Waals surface area contributed by atoms with Gasteiger partial charge in [-0.25, -0.2) is 9.97 Å². The van der Waals surface area contributed by atoms with E-state index in [0.717, 1.165) is 18.7 Å². The average molecular weight is 383 g/mol. The molecule has 0 fully saturated rings. The molecule has 10 heteroatoms. The molecule has 0 saturated carbocycles. The van der Waals surface area contributed by atoms with Crippen molar-refractivity contribution >= 4 is 17.5 Å². The number of carbonyl (C=O) groups is 1. The van der Waals surface area contributed by atoms with Crippen LogP contribution in [0.4, 0.5) is 24.8 Å². The van der Waals surface area contributed by atoms with Gasteiger partial charge in [-0.05, 0) is 38.1 Å². The SMILES string of the molecule is CCNc1cc(NCCNC(=O)c2ccc(OC(F)(F)F)cc2)nc(C)n1. The number of carbonyl (C=O) groups excluding carboxylic acids is 1. The van der Waals surface area contributed by atoms with Crippen LogP contribution in [-0.4, -0.2) is 41.9 Å². The molecule has 1 aromatic carbocycles. The summed E-state index contributed by atoms with van der Waals surface area (Å²) in [7, 11) is 0. The minimum atomic E-state index is -4.76. The number of halogens is 3. The van der Waals surface area contributed by atoms with Crippen LogP contribution in [0.25, 0.3) is 0 Å². The third kappa shape index (κ3) is 7.00. The molecular formula is C17H20F3N5O2. The van der Waals surface area contributed by atoms with Crippen LogP contribution in [0.15, 0.2) is 30.3 Å². The summed E-state index contributed by atoms with van der Waals surface area (Å²) in [5.41, 5.74) is 0.233. The quantitative estimate of drug-likeness (QED) is 0.608. The number of benzene rings is 1. The number of aryl methyl sites for hydroxylation is 1. The second kappa shape index (κ2) is 9.06. The summed E-state index contributed by atoms with van der Waals surface area (Å²) >= 11 is 0. The number of aromatic nitrogens is 2. The molecule has 0 atom stereocenters. The lowest BCUT2D eigenvalue weighted by atomic mass is 10.2. The number of ether oxygens (including phenoxy) is 1. The fraction of sp³-hybridized carbons (Fsp3) is 0.353. The highest BCUT2D eigenvalue weighted by atomic mass is 19.4. The second-order valence-electron chi connectivity index (χ2n) is 5.47. The predicted octanol–water partition coefficient (Wildman–Crippen LogP) is 2.96. The Balaban J connectivity index is 1.81. The van der Waals surface area contributed by atoms with Crippen molar-refractivity contribution in [1.82, 2.24) is 15.3 Å². The minimum absolute atomic E-state index is 0.233. The van der Waals surface area contributed by atoms with Crippen molar-refractivity contribution < 1.29 is 22.7 Å². The zero-order valence-electron chi connectivity index (χ0n) is 14.9. The van der Waals surface area contributed by atoms with E-state index >= 15 is 0 Å². The topological polar surface area (TPSA) is 88.2 Å². The highest BCUT2D eigenvalue weighted by Crippen LogP contribution is 2.22. The van der Waals surface area contributed by atoms with Crippen molar-refractivity contribution in [2.24, 2.45) is 0 Å². The number of rotatable bonds is 8.